The van der Waals surface area contributed by atoms with Crippen molar-refractivity contribution in [1.29, 1.82) is 0 Å². The Morgan fingerprint density at radius 2 is 2.06 bits per heavy atom. The Hall–Kier alpha value is -0.420. The molecule has 17 heavy (non-hydrogen) atoms. The van der Waals surface area contributed by atoms with Crippen molar-refractivity contribution >= 4 is 15.9 Å². The van der Waals surface area contributed by atoms with Crippen LogP contribution in [-0.4, -0.2) is 42.9 Å². The molecule has 1 fully saturated rings. The molecular formula is C13H18BrNO2. The number of hydrogen-bond donors (Lipinski definition) is 1. The highest BCUT2D eigenvalue weighted by Gasteiger charge is 2.10. The molecule has 4 heteroatoms. The van der Waals surface area contributed by atoms with E-state index in [2.05, 4.69) is 26.9 Å². The summed E-state index contributed by atoms with van der Waals surface area (Å²) in [5.74, 6) is 0. The lowest BCUT2D eigenvalue weighted by Crippen LogP contribution is -2.37. The third-order valence-electron chi connectivity index (χ3n) is 3.10. The number of aliphatic hydroxyl groups excluding tert-OH is 1. The van der Waals surface area contributed by atoms with Gasteiger partial charge in [-0.05, 0) is 23.6 Å². The van der Waals surface area contributed by atoms with Crippen LogP contribution in [0.1, 0.15) is 11.1 Å². The quantitative estimate of drug-likeness (QED) is 0.920. The molecule has 0 amide bonds. The van der Waals surface area contributed by atoms with Crippen molar-refractivity contribution in [2.75, 3.05) is 32.8 Å². The van der Waals surface area contributed by atoms with Crippen LogP contribution in [-0.2, 0) is 17.8 Å². The maximum Gasteiger partial charge on any atom is 0.0682 e. The second kappa shape index (κ2) is 6.50. The Kier molecular flexibility index (Phi) is 4.98. The van der Waals surface area contributed by atoms with Gasteiger partial charge in [0.25, 0.3) is 0 Å². The molecule has 1 aromatic carbocycles. The number of hydrogen-bond acceptors (Lipinski definition) is 3. The normalized spacial score (nSPS) is 17.3. The molecule has 1 aliphatic heterocycles. The number of rotatable bonds is 4. The fourth-order valence-electron chi connectivity index (χ4n) is 2.00. The first-order chi connectivity index (χ1) is 8.29. The van der Waals surface area contributed by atoms with E-state index < -0.39 is 0 Å². The summed E-state index contributed by atoms with van der Waals surface area (Å²) in [7, 11) is 0. The van der Waals surface area contributed by atoms with Gasteiger partial charge in [-0.1, -0.05) is 28.1 Å². The van der Waals surface area contributed by atoms with Gasteiger partial charge in [-0.25, -0.2) is 0 Å². The van der Waals surface area contributed by atoms with Crippen LogP contribution in [0, 0.1) is 0 Å². The summed E-state index contributed by atoms with van der Waals surface area (Å²) >= 11 is 3.56. The Balaban J connectivity index is 1.89. The van der Waals surface area contributed by atoms with Crippen LogP contribution >= 0.6 is 15.9 Å². The minimum Gasteiger partial charge on any atom is -0.392 e. The van der Waals surface area contributed by atoms with Crippen LogP contribution in [0.5, 0.6) is 0 Å². The van der Waals surface area contributed by atoms with E-state index in [9.17, 15) is 0 Å². The van der Waals surface area contributed by atoms with E-state index >= 15 is 0 Å². The van der Waals surface area contributed by atoms with Crippen molar-refractivity contribution in [2.45, 2.75) is 13.0 Å². The molecule has 1 N–H and O–H groups in total. The van der Waals surface area contributed by atoms with Gasteiger partial charge >= 0.3 is 0 Å². The number of ether oxygens (including phenoxy) is 1. The molecule has 94 valence electrons. The molecule has 0 saturated carbocycles. The highest BCUT2D eigenvalue weighted by atomic mass is 79.9. The first-order valence-corrected chi connectivity index (χ1v) is 6.77. The second-order valence-electron chi connectivity index (χ2n) is 4.29. The minimum absolute atomic E-state index is 0.0995. The second-order valence-corrected chi connectivity index (χ2v) is 5.14. The molecule has 0 aliphatic carbocycles. The molecule has 3 nitrogen and oxygen atoms in total. The Bertz CT molecular complexity index is 364. The Morgan fingerprint density at radius 1 is 1.29 bits per heavy atom. The summed E-state index contributed by atoms with van der Waals surface area (Å²) in [6, 6.07) is 6.07. The fraction of sp³-hybridized carbons (Fsp3) is 0.538. The lowest BCUT2D eigenvalue weighted by molar-refractivity contribution is 0.0384. The third kappa shape index (κ3) is 3.78. The van der Waals surface area contributed by atoms with Crippen molar-refractivity contribution in [3.63, 3.8) is 0 Å². The van der Waals surface area contributed by atoms with E-state index in [0.717, 1.165) is 49.3 Å². The Morgan fingerprint density at radius 3 is 2.71 bits per heavy atom. The fourth-order valence-corrected chi connectivity index (χ4v) is 2.62. The zero-order valence-electron chi connectivity index (χ0n) is 9.86. The predicted molar refractivity (Wildman–Crippen MR) is 71.0 cm³/mol. The molecule has 2 rings (SSSR count). The van der Waals surface area contributed by atoms with Gasteiger partial charge in [-0.15, -0.1) is 0 Å². The first kappa shape index (κ1) is 13.0. The number of halogens is 1. The summed E-state index contributed by atoms with van der Waals surface area (Å²) < 4.78 is 6.42. The van der Waals surface area contributed by atoms with Crippen LogP contribution in [0.25, 0.3) is 0 Å². The van der Waals surface area contributed by atoms with Gasteiger partial charge in [-0.3, -0.25) is 4.90 Å². The van der Waals surface area contributed by atoms with Gasteiger partial charge in [0.15, 0.2) is 0 Å². The molecular weight excluding hydrogens is 282 g/mol. The molecule has 0 aromatic heterocycles. The van der Waals surface area contributed by atoms with Crippen molar-refractivity contribution in [3.05, 3.63) is 33.8 Å². The number of benzene rings is 1. The monoisotopic (exact) mass is 299 g/mol. The minimum atomic E-state index is 0.0995. The SMILES string of the molecule is OCc1ccc(CCN2CCOCC2)c(Br)c1. The lowest BCUT2D eigenvalue weighted by Gasteiger charge is -2.26. The number of morpholine rings is 1. The van der Waals surface area contributed by atoms with Crippen LogP contribution in [0.15, 0.2) is 22.7 Å². The number of aliphatic hydroxyl groups is 1. The van der Waals surface area contributed by atoms with E-state index in [1.807, 2.05) is 12.1 Å². The molecule has 1 aromatic rings. The maximum atomic E-state index is 9.04. The summed E-state index contributed by atoms with van der Waals surface area (Å²) in [5.41, 5.74) is 2.25. The highest BCUT2D eigenvalue weighted by Crippen LogP contribution is 2.19. The van der Waals surface area contributed by atoms with E-state index in [1.165, 1.54) is 5.56 Å². The maximum absolute atomic E-state index is 9.04. The zero-order valence-corrected chi connectivity index (χ0v) is 11.4. The van der Waals surface area contributed by atoms with Gasteiger partial charge in [0, 0.05) is 24.1 Å². The summed E-state index contributed by atoms with van der Waals surface area (Å²) in [4.78, 5) is 2.43. The van der Waals surface area contributed by atoms with Crippen molar-refractivity contribution in [2.24, 2.45) is 0 Å². The molecule has 0 atom stereocenters. The average Bonchev–Trinajstić information content (AvgIpc) is 2.38. The van der Waals surface area contributed by atoms with Crippen LogP contribution in [0.4, 0.5) is 0 Å². The lowest BCUT2D eigenvalue weighted by atomic mass is 10.1. The van der Waals surface area contributed by atoms with E-state index in [4.69, 9.17) is 9.84 Å². The van der Waals surface area contributed by atoms with E-state index in [0.29, 0.717) is 0 Å². The Labute approximate surface area is 111 Å². The van der Waals surface area contributed by atoms with Crippen LogP contribution in [0.3, 0.4) is 0 Å². The van der Waals surface area contributed by atoms with Crippen molar-refractivity contribution in [3.8, 4) is 0 Å². The smallest absolute Gasteiger partial charge is 0.0682 e. The largest absolute Gasteiger partial charge is 0.392 e. The van der Waals surface area contributed by atoms with E-state index in [1.54, 1.807) is 0 Å². The van der Waals surface area contributed by atoms with Gasteiger partial charge in [0.05, 0.1) is 19.8 Å². The van der Waals surface area contributed by atoms with Crippen molar-refractivity contribution < 1.29 is 9.84 Å². The van der Waals surface area contributed by atoms with Gasteiger partial charge in [0.2, 0.25) is 0 Å². The molecule has 0 spiro atoms. The topological polar surface area (TPSA) is 32.7 Å². The standard InChI is InChI=1S/C13H18BrNO2/c14-13-9-11(10-16)1-2-12(13)3-4-15-5-7-17-8-6-15/h1-2,9,16H,3-8,10H2. The van der Waals surface area contributed by atoms with Gasteiger partial charge in [0.1, 0.15) is 0 Å². The summed E-state index contributed by atoms with van der Waals surface area (Å²) in [6.45, 7) is 4.94. The first-order valence-electron chi connectivity index (χ1n) is 5.98. The molecule has 0 bridgehead atoms. The third-order valence-corrected chi connectivity index (χ3v) is 3.84. The molecule has 1 aliphatic rings. The zero-order chi connectivity index (χ0) is 12.1. The molecule has 0 unspecified atom stereocenters. The van der Waals surface area contributed by atoms with Crippen molar-refractivity contribution in [1.82, 2.24) is 4.90 Å². The molecule has 1 heterocycles. The highest BCUT2D eigenvalue weighted by molar-refractivity contribution is 9.10. The number of nitrogens with zero attached hydrogens (tertiary/aromatic N) is 1. The summed E-state index contributed by atoms with van der Waals surface area (Å²) in [5, 5.41) is 9.04. The van der Waals surface area contributed by atoms with Crippen LogP contribution in [0.2, 0.25) is 0 Å². The average molecular weight is 300 g/mol. The van der Waals surface area contributed by atoms with E-state index in [-0.39, 0.29) is 6.61 Å². The van der Waals surface area contributed by atoms with Crippen LogP contribution < -0.4 is 0 Å². The van der Waals surface area contributed by atoms with Gasteiger partial charge in [-0.2, -0.15) is 0 Å². The molecule has 0 radical (unpaired) electrons. The predicted octanol–water partition coefficient (Wildman–Crippen LogP) is 1.82. The molecule has 1 saturated heterocycles. The van der Waals surface area contributed by atoms with Gasteiger partial charge < -0.3 is 9.84 Å². The summed E-state index contributed by atoms with van der Waals surface area (Å²) in [6.07, 6.45) is 1.03.